The highest BCUT2D eigenvalue weighted by molar-refractivity contribution is 7.12. The first kappa shape index (κ1) is 15.9. The van der Waals surface area contributed by atoms with Gasteiger partial charge in [-0.25, -0.2) is 4.68 Å². The number of anilines is 1. The summed E-state index contributed by atoms with van der Waals surface area (Å²) in [6, 6.07) is 3.65. The molecule has 8 heteroatoms. The molecule has 1 saturated heterocycles. The zero-order valence-corrected chi connectivity index (χ0v) is 13.3. The predicted octanol–water partition coefficient (Wildman–Crippen LogP) is 2.02. The quantitative estimate of drug-likeness (QED) is 0.904. The molecule has 114 valence electrons. The molecule has 1 amide bonds. The van der Waals surface area contributed by atoms with Crippen molar-refractivity contribution >= 4 is 35.6 Å². The molecule has 1 aliphatic rings. The van der Waals surface area contributed by atoms with Crippen LogP contribution in [0, 0.1) is 0 Å². The van der Waals surface area contributed by atoms with Crippen molar-refractivity contribution in [3.8, 4) is 0 Å². The van der Waals surface area contributed by atoms with E-state index in [4.69, 9.17) is 0 Å². The Balaban J connectivity index is 0.00000161. The van der Waals surface area contributed by atoms with Crippen LogP contribution in [0.3, 0.4) is 0 Å². The topological polar surface area (TPSA) is 71.8 Å². The maximum Gasteiger partial charge on any atom is 0.268 e. The molecule has 6 nitrogen and oxygen atoms in total. The number of nitrogens with zero attached hydrogens (tertiary/aromatic N) is 3. The van der Waals surface area contributed by atoms with Crippen LogP contribution in [0.1, 0.15) is 34.3 Å². The van der Waals surface area contributed by atoms with Gasteiger partial charge >= 0.3 is 0 Å². The van der Waals surface area contributed by atoms with Crippen LogP contribution in [-0.2, 0) is 7.05 Å². The Kier molecular flexibility index (Phi) is 5.33. The molecule has 1 fully saturated rings. The molecular weight excluding hydrogens is 310 g/mol. The van der Waals surface area contributed by atoms with Crippen LogP contribution in [0.4, 0.5) is 5.95 Å². The van der Waals surface area contributed by atoms with Gasteiger partial charge in [-0.2, -0.15) is 10.1 Å². The number of nitrogens with one attached hydrogen (secondary N) is 2. The van der Waals surface area contributed by atoms with Crippen molar-refractivity contribution < 1.29 is 4.79 Å². The third-order valence-electron chi connectivity index (χ3n) is 3.45. The zero-order chi connectivity index (χ0) is 13.9. The van der Waals surface area contributed by atoms with E-state index >= 15 is 0 Å². The molecule has 0 bridgehead atoms. The summed E-state index contributed by atoms with van der Waals surface area (Å²) < 4.78 is 1.64. The minimum Gasteiger partial charge on any atom is -0.317 e. The van der Waals surface area contributed by atoms with Crippen LogP contribution < -0.4 is 10.6 Å². The highest BCUT2D eigenvalue weighted by atomic mass is 35.5. The van der Waals surface area contributed by atoms with Crippen molar-refractivity contribution in [3.05, 3.63) is 28.2 Å². The Morgan fingerprint density at radius 2 is 2.24 bits per heavy atom. The number of aryl methyl sites for hydroxylation is 1. The summed E-state index contributed by atoms with van der Waals surface area (Å²) in [6.07, 6.45) is 2.09. The third-order valence-corrected chi connectivity index (χ3v) is 4.32. The standard InChI is InChI=1S/C13H17N5OS.ClH/c1-18-13(16-12(19)10-3-2-8-20-10)15-11(17-18)9-4-6-14-7-5-9;/h2-3,8-9,14H,4-7H2,1H3,(H,15,16,17,19);1H. The molecule has 0 spiro atoms. The fraction of sp³-hybridized carbons (Fsp3) is 0.462. The lowest BCUT2D eigenvalue weighted by Gasteiger charge is -2.19. The summed E-state index contributed by atoms with van der Waals surface area (Å²) in [5.41, 5.74) is 0. The summed E-state index contributed by atoms with van der Waals surface area (Å²) in [6.45, 7) is 2.00. The van der Waals surface area contributed by atoms with Crippen molar-refractivity contribution in [1.29, 1.82) is 0 Å². The zero-order valence-electron chi connectivity index (χ0n) is 11.7. The van der Waals surface area contributed by atoms with Crippen molar-refractivity contribution in [2.45, 2.75) is 18.8 Å². The summed E-state index contributed by atoms with van der Waals surface area (Å²) in [5.74, 6) is 1.59. The van der Waals surface area contributed by atoms with Crippen LogP contribution >= 0.6 is 23.7 Å². The van der Waals surface area contributed by atoms with E-state index in [1.807, 2.05) is 18.5 Å². The number of carbonyl (C=O) groups is 1. The minimum atomic E-state index is -0.132. The number of rotatable bonds is 3. The average molecular weight is 328 g/mol. The fourth-order valence-electron chi connectivity index (χ4n) is 2.34. The molecule has 2 N–H and O–H groups in total. The van der Waals surface area contributed by atoms with E-state index in [9.17, 15) is 4.79 Å². The van der Waals surface area contributed by atoms with E-state index in [1.165, 1.54) is 11.3 Å². The Labute approximate surface area is 133 Å². The lowest BCUT2D eigenvalue weighted by atomic mass is 9.98. The number of aromatic nitrogens is 3. The van der Waals surface area contributed by atoms with Gasteiger partial charge < -0.3 is 5.32 Å². The second kappa shape index (κ2) is 7.02. The van der Waals surface area contributed by atoms with Crippen molar-refractivity contribution in [2.24, 2.45) is 7.05 Å². The van der Waals surface area contributed by atoms with Gasteiger partial charge in [-0.05, 0) is 37.4 Å². The Morgan fingerprint density at radius 1 is 1.48 bits per heavy atom. The SMILES string of the molecule is Cl.Cn1nc(C2CCNCC2)nc1NC(=O)c1cccs1. The van der Waals surface area contributed by atoms with Crippen LogP contribution in [-0.4, -0.2) is 33.8 Å². The van der Waals surface area contributed by atoms with Crippen molar-refractivity contribution in [2.75, 3.05) is 18.4 Å². The lowest BCUT2D eigenvalue weighted by molar-refractivity contribution is 0.102. The van der Waals surface area contributed by atoms with Gasteiger partial charge in [-0.3, -0.25) is 10.1 Å². The number of halogens is 1. The van der Waals surface area contributed by atoms with E-state index in [0.717, 1.165) is 31.8 Å². The molecule has 3 heterocycles. The van der Waals surface area contributed by atoms with Gasteiger partial charge in [0.25, 0.3) is 5.91 Å². The maximum absolute atomic E-state index is 12.0. The van der Waals surface area contributed by atoms with Crippen LogP contribution in [0.25, 0.3) is 0 Å². The molecule has 2 aromatic heterocycles. The molecule has 2 aromatic rings. The third kappa shape index (κ3) is 3.61. The molecule has 3 rings (SSSR count). The van der Waals surface area contributed by atoms with Gasteiger partial charge in [0.05, 0.1) is 4.88 Å². The first-order chi connectivity index (χ1) is 9.74. The number of thiophene rings is 1. The Hall–Kier alpha value is -1.44. The molecule has 0 radical (unpaired) electrons. The fourth-order valence-corrected chi connectivity index (χ4v) is 2.96. The summed E-state index contributed by atoms with van der Waals surface area (Å²) >= 11 is 1.41. The number of piperidine rings is 1. The van der Waals surface area contributed by atoms with E-state index in [2.05, 4.69) is 20.7 Å². The van der Waals surface area contributed by atoms with Gasteiger partial charge in [0.2, 0.25) is 5.95 Å². The van der Waals surface area contributed by atoms with Crippen LogP contribution in [0.2, 0.25) is 0 Å². The van der Waals surface area contributed by atoms with Crippen molar-refractivity contribution in [3.63, 3.8) is 0 Å². The predicted molar refractivity (Wildman–Crippen MR) is 85.4 cm³/mol. The van der Waals surface area contributed by atoms with Crippen LogP contribution in [0.15, 0.2) is 17.5 Å². The molecule has 0 aliphatic carbocycles. The maximum atomic E-state index is 12.0. The van der Waals surface area contributed by atoms with E-state index in [-0.39, 0.29) is 18.3 Å². The van der Waals surface area contributed by atoms with Gasteiger partial charge in [0.15, 0.2) is 5.82 Å². The van der Waals surface area contributed by atoms with Gasteiger partial charge in [0.1, 0.15) is 0 Å². The van der Waals surface area contributed by atoms with Crippen molar-refractivity contribution in [1.82, 2.24) is 20.1 Å². The largest absolute Gasteiger partial charge is 0.317 e. The van der Waals surface area contributed by atoms with Gasteiger partial charge in [-0.1, -0.05) is 6.07 Å². The van der Waals surface area contributed by atoms with E-state index in [1.54, 1.807) is 10.7 Å². The van der Waals surface area contributed by atoms with Gasteiger partial charge in [0, 0.05) is 13.0 Å². The minimum absolute atomic E-state index is 0. The molecule has 0 unspecified atom stereocenters. The normalized spacial score (nSPS) is 15.5. The Bertz CT molecular complexity index is 592. The summed E-state index contributed by atoms with van der Waals surface area (Å²) in [5, 5.41) is 12.5. The molecule has 1 aliphatic heterocycles. The molecule has 0 aromatic carbocycles. The average Bonchev–Trinajstić information content (AvgIpc) is 3.10. The van der Waals surface area contributed by atoms with E-state index in [0.29, 0.717) is 16.7 Å². The summed E-state index contributed by atoms with van der Waals surface area (Å²) in [4.78, 5) is 17.2. The molecule has 0 saturated carbocycles. The smallest absolute Gasteiger partial charge is 0.268 e. The van der Waals surface area contributed by atoms with E-state index < -0.39 is 0 Å². The second-order valence-corrected chi connectivity index (χ2v) is 5.82. The summed E-state index contributed by atoms with van der Waals surface area (Å²) in [7, 11) is 1.81. The first-order valence-electron chi connectivity index (χ1n) is 6.70. The second-order valence-electron chi connectivity index (χ2n) is 4.87. The highest BCUT2D eigenvalue weighted by Gasteiger charge is 2.21. The molecular formula is C13H18ClN5OS. The highest BCUT2D eigenvalue weighted by Crippen LogP contribution is 2.23. The number of hydrogen-bond acceptors (Lipinski definition) is 5. The molecule has 21 heavy (non-hydrogen) atoms. The Morgan fingerprint density at radius 3 is 2.90 bits per heavy atom. The first-order valence-corrected chi connectivity index (χ1v) is 7.58. The van der Waals surface area contributed by atoms with Crippen LogP contribution in [0.5, 0.6) is 0 Å². The number of amides is 1. The monoisotopic (exact) mass is 327 g/mol. The number of carbonyl (C=O) groups excluding carboxylic acids is 1. The number of hydrogen-bond donors (Lipinski definition) is 2. The lowest BCUT2D eigenvalue weighted by Crippen LogP contribution is -2.27. The molecule has 0 atom stereocenters. The van der Waals surface area contributed by atoms with Gasteiger partial charge in [-0.15, -0.1) is 23.7 Å².